The minimum atomic E-state index is -0.502. The van der Waals surface area contributed by atoms with Gasteiger partial charge >= 0.3 is 6.09 Å². The highest BCUT2D eigenvalue weighted by Gasteiger charge is 2.13. The number of carbonyl (C=O) groups is 1. The predicted octanol–water partition coefficient (Wildman–Crippen LogP) is 5.42. The van der Waals surface area contributed by atoms with Gasteiger partial charge in [0.1, 0.15) is 5.52 Å². The molecule has 124 valence electrons. The van der Waals surface area contributed by atoms with E-state index in [4.69, 9.17) is 20.8 Å². The van der Waals surface area contributed by atoms with Crippen molar-refractivity contribution in [3.63, 3.8) is 0 Å². The van der Waals surface area contributed by atoms with Crippen LogP contribution in [0.15, 0.2) is 40.8 Å². The zero-order chi connectivity index (χ0) is 17.1. The average Bonchev–Trinajstić information content (AvgIpc) is 2.97. The number of benzene rings is 2. The number of anilines is 1. The lowest BCUT2D eigenvalue weighted by Gasteiger charge is -2.07. The van der Waals surface area contributed by atoms with Gasteiger partial charge in [0, 0.05) is 5.69 Å². The maximum absolute atomic E-state index is 11.7. The highest BCUT2D eigenvalue weighted by molar-refractivity contribution is 6.33. The van der Waals surface area contributed by atoms with Crippen LogP contribution in [0.1, 0.15) is 18.9 Å². The predicted molar refractivity (Wildman–Crippen MR) is 94.5 cm³/mol. The van der Waals surface area contributed by atoms with Crippen LogP contribution in [0.2, 0.25) is 5.02 Å². The van der Waals surface area contributed by atoms with E-state index >= 15 is 0 Å². The van der Waals surface area contributed by atoms with Crippen LogP contribution in [-0.4, -0.2) is 17.7 Å². The fourth-order valence-electron chi connectivity index (χ4n) is 2.27. The summed E-state index contributed by atoms with van der Waals surface area (Å²) in [6, 6.07) is 10.9. The Labute approximate surface area is 144 Å². The number of ether oxygens (including phenoxy) is 1. The number of nitrogens with one attached hydrogen (secondary N) is 1. The number of halogens is 1. The van der Waals surface area contributed by atoms with Gasteiger partial charge in [-0.1, -0.05) is 24.6 Å². The van der Waals surface area contributed by atoms with E-state index in [1.165, 1.54) is 0 Å². The smallest absolute Gasteiger partial charge is 0.411 e. The van der Waals surface area contributed by atoms with Crippen molar-refractivity contribution in [1.29, 1.82) is 0 Å². The van der Waals surface area contributed by atoms with Crippen molar-refractivity contribution in [3.8, 4) is 11.5 Å². The zero-order valence-corrected chi connectivity index (χ0v) is 14.2. The third kappa shape index (κ3) is 3.51. The first-order valence-electron chi connectivity index (χ1n) is 7.67. The highest BCUT2D eigenvalue weighted by Crippen LogP contribution is 2.32. The molecule has 24 heavy (non-hydrogen) atoms. The van der Waals surface area contributed by atoms with Gasteiger partial charge in [0.2, 0.25) is 5.89 Å². The molecule has 0 aliphatic rings. The second-order valence-corrected chi connectivity index (χ2v) is 5.85. The molecule has 0 aliphatic carbocycles. The third-order valence-corrected chi connectivity index (χ3v) is 3.75. The first kappa shape index (κ1) is 16.3. The lowest BCUT2D eigenvalue weighted by molar-refractivity contribution is 0.161. The third-order valence-electron chi connectivity index (χ3n) is 3.42. The molecule has 5 nitrogen and oxygen atoms in total. The molecule has 0 saturated carbocycles. The molecule has 1 aromatic heterocycles. The van der Waals surface area contributed by atoms with E-state index in [2.05, 4.69) is 10.3 Å². The number of oxazole rings is 1. The molecule has 3 aromatic rings. The van der Waals surface area contributed by atoms with Gasteiger partial charge in [-0.3, -0.25) is 5.32 Å². The lowest BCUT2D eigenvalue weighted by Crippen LogP contribution is -2.14. The normalized spacial score (nSPS) is 10.8. The van der Waals surface area contributed by atoms with E-state index in [1.54, 1.807) is 18.2 Å². The minimum absolute atomic E-state index is 0.372. The Bertz CT molecular complexity index is 889. The van der Waals surface area contributed by atoms with Crippen LogP contribution in [0.4, 0.5) is 10.5 Å². The second kappa shape index (κ2) is 6.93. The summed E-state index contributed by atoms with van der Waals surface area (Å²) in [6.07, 6.45) is 0.264. The van der Waals surface area contributed by atoms with Crippen molar-refractivity contribution < 1.29 is 13.9 Å². The molecule has 1 N–H and O–H groups in total. The van der Waals surface area contributed by atoms with Gasteiger partial charge in [0.25, 0.3) is 0 Å². The van der Waals surface area contributed by atoms with Gasteiger partial charge in [0.05, 0.1) is 17.2 Å². The number of hydrogen-bond acceptors (Lipinski definition) is 4. The topological polar surface area (TPSA) is 64.4 Å². The maximum Gasteiger partial charge on any atom is 0.411 e. The van der Waals surface area contributed by atoms with Crippen LogP contribution >= 0.6 is 11.6 Å². The van der Waals surface area contributed by atoms with Crippen molar-refractivity contribution in [3.05, 3.63) is 47.0 Å². The Balaban J connectivity index is 1.91. The van der Waals surface area contributed by atoms with Crippen LogP contribution in [0.5, 0.6) is 0 Å². The summed E-state index contributed by atoms with van der Waals surface area (Å²) >= 11 is 6.27. The van der Waals surface area contributed by atoms with Crippen LogP contribution in [0, 0.1) is 6.92 Å². The Kier molecular flexibility index (Phi) is 4.71. The van der Waals surface area contributed by atoms with Crippen molar-refractivity contribution >= 4 is 34.5 Å². The molecule has 1 heterocycles. The molecule has 0 aliphatic heterocycles. The SMILES string of the molecule is CCCOC(=O)Nc1ccc(Cl)c(-c2nc3cc(C)ccc3o2)c1. The Morgan fingerprint density at radius 2 is 2.12 bits per heavy atom. The number of fused-ring (bicyclic) bond motifs is 1. The number of hydrogen-bond donors (Lipinski definition) is 1. The summed E-state index contributed by atoms with van der Waals surface area (Å²) in [5.74, 6) is 0.408. The fraction of sp³-hybridized carbons (Fsp3) is 0.222. The molecule has 0 fully saturated rings. The van der Waals surface area contributed by atoms with Crippen LogP contribution in [0.3, 0.4) is 0 Å². The van der Waals surface area contributed by atoms with E-state index in [9.17, 15) is 4.79 Å². The molecule has 0 atom stereocenters. The van der Waals surface area contributed by atoms with Crippen LogP contribution < -0.4 is 5.32 Å². The Morgan fingerprint density at radius 3 is 2.92 bits per heavy atom. The maximum atomic E-state index is 11.7. The van der Waals surface area contributed by atoms with Crippen LogP contribution in [0.25, 0.3) is 22.6 Å². The summed E-state index contributed by atoms with van der Waals surface area (Å²) in [5.41, 5.74) is 3.73. The largest absolute Gasteiger partial charge is 0.449 e. The summed E-state index contributed by atoms with van der Waals surface area (Å²) in [4.78, 5) is 16.2. The first-order chi connectivity index (χ1) is 11.6. The number of nitrogens with zero attached hydrogens (tertiary/aromatic N) is 1. The molecule has 0 bridgehead atoms. The molecule has 0 radical (unpaired) electrons. The summed E-state index contributed by atoms with van der Waals surface area (Å²) in [6.45, 7) is 4.30. The summed E-state index contributed by atoms with van der Waals surface area (Å²) < 4.78 is 10.8. The van der Waals surface area contributed by atoms with E-state index in [-0.39, 0.29) is 0 Å². The molecule has 2 aromatic carbocycles. The Morgan fingerprint density at radius 1 is 1.29 bits per heavy atom. The standard InChI is InChI=1S/C18H17ClN2O3/c1-3-8-23-18(22)20-12-5-6-14(19)13(10-12)17-21-15-9-11(2)4-7-16(15)24-17/h4-7,9-10H,3,8H2,1-2H3,(H,20,22). The average molecular weight is 345 g/mol. The van der Waals surface area contributed by atoms with E-state index < -0.39 is 6.09 Å². The molecule has 0 spiro atoms. The lowest BCUT2D eigenvalue weighted by atomic mass is 10.2. The van der Waals surface area contributed by atoms with E-state index in [0.717, 1.165) is 17.5 Å². The van der Waals surface area contributed by atoms with Gasteiger partial charge in [-0.2, -0.15) is 0 Å². The number of aryl methyl sites for hydroxylation is 1. The zero-order valence-electron chi connectivity index (χ0n) is 13.4. The van der Waals surface area contributed by atoms with E-state index in [1.807, 2.05) is 32.0 Å². The van der Waals surface area contributed by atoms with Gasteiger partial charge in [-0.15, -0.1) is 0 Å². The van der Waals surface area contributed by atoms with Crippen LogP contribution in [-0.2, 0) is 4.74 Å². The molecular weight excluding hydrogens is 328 g/mol. The van der Waals surface area contributed by atoms with Crippen molar-refractivity contribution in [1.82, 2.24) is 4.98 Å². The van der Waals surface area contributed by atoms with Gasteiger partial charge < -0.3 is 9.15 Å². The summed E-state index contributed by atoms with van der Waals surface area (Å²) in [7, 11) is 0. The van der Waals surface area contributed by atoms with Crippen molar-refractivity contribution in [2.24, 2.45) is 0 Å². The van der Waals surface area contributed by atoms with Gasteiger partial charge in [0.15, 0.2) is 5.58 Å². The van der Waals surface area contributed by atoms with Gasteiger partial charge in [-0.25, -0.2) is 9.78 Å². The molecule has 3 rings (SSSR count). The second-order valence-electron chi connectivity index (χ2n) is 5.45. The van der Waals surface area contributed by atoms with Crippen molar-refractivity contribution in [2.75, 3.05) is 11.9 Å². The molecular formula is C18H17ClN2O3. The summed E-state index contributed by atoms with van der Waals surface area (Å²) in [5, 5.41) is 3.16. The minimum Gasteiger partial charge on any atom is -0.449 e. The van der Waals surface area contributed by atoms with E-state index in [0.29, 0.717) is 34.4 Å². The number of rotatable bonds is 4. The quantitative estimate of drug-likeness (QED) is 0.686. The number of aromatic nitrogens is 1. The van der Waals surface area contributed by atoms with Crippen molar-refractivity contribution in [2.45, 2.75) is 20.3 Å². The van der Waals surface area contributed by atoms with Gasteiger partial charge in [-0.05, 0) is 49.2 Å². The monoisotopic (exact) mass is 344 g/mol. The number of carbonyl (C=O) groups excluding carboxylic acids is 1. The molecule has 1 amide bonds. The number of amides is 1. The molecule has 0 saturated heterocycles. The fourth-order valence-corrected chi connectivity index (χ4v) is 2.47. The highest BCUT2D eigenvalue weighted by atomic mass is 35.5. The Hall–Kier alpha value is -2.53. The first-order valence-corrected chi connectivity index (χ1v) is 8.05. The molecule has 6 heteroatoms. The molecule has 0 unspecified atom stereocenters.